The van der Waals surface area contributed by atoms with E-state index in [9.17, 15) is 9.18 Å². The van der Waals surface area contributed by atoms with Crippen molar-refractivity contribution in [1.29, 1.82) is 0 Å². The van der Waals surface area contributed by atoms with Crippen LogP contribution in [0.15, 0.2) is 28.1 Å². The Hall–Kier alpha value is -0.470. The second kappa shape index (κ2) is 5.66. The minimum Gasteiger partial charge on any atom is -0.320 e. The number of benzene rings is 1. The van der Waals surface area contributed by atoms with E-state index in [2.05, 4.69) is 21.2 Å². The fourth-order valence-electron chi connectivity index (χ4n) is 1.35. The standard InChI is InChI=1S/C12H8BrFINOS/c1-6-4-10(18-11(6)13)12(17)16-9-3-2-7(14)5-8(9)15/h2-5H,1H3,(H,16,17). The molecule has 2 aromatic rings. The average molecular weight is 440 g/mol. The van der Waals surface area contributed by atoms with Crippen molar-refractivity contribution < 1.29 is 9.18 Å². The maximum absolute atomic E-state index is 12.9. The molecule has 1 amide bonds. The molecule has 0 aliphatic heterocycles. The summed E-state index contributed by atoms with van der Waals surface area (Å²) in [4.78, 5) is 12.6. The van der Waals surface area contributed by atoms with Gasteiger partial charge in [0.15, 0.2) is 0 Å². The quantitative estimate of drug-likeness (QED) is 0.668. The number of thiophene rings is 1. The first-order valence-corrected chi connectivity index (χ1v) is 7.68. The van der Waals surface area contributed by atoms with Crippen molar-refractivity contribution in [3.05, 3.63) is 47.9 Å². The lowest BCUT2D eigenvalue weighted by atomic mass is 10.3. The van der Waals surface area contributed by atoms with Gasteiger partial charge in [-0.05, 0) is 75.3 Å². The largest absolute Gasteiger partial charge is 0.320 e. The van der Waals surface area contributed by atoms with Crippen molar-refractivity contribution in [2.75, 3.05) is 5.32 Å². The number of halogens is 3. The molecule has 1 aromatic carbocycles. The number of aryl methyl sites for hydroxylation is 1. The van der Waals surface area contributed by atoms with Gasteiger partial charge in [0.25, 0.3) is 5.91 Å². The van der Waals surface area contributed by atoms with E-state index in [4.69, 9.17) is 0 Å². The number of carbonyl (C=O) groups is 1. The molecular formula is C12H8BrFINOS. The zero-order valence-electron chi connectivity index (χ0n) is 9.26. The minimum absolute atomic E-state index is 0.182. The normalized spacial score (nSPS) is 10.4. The second-order valence-electron chi connectivity index (χ2n) is 3.65. The second-order valence-corrected chi connectivity index (χ2v) is 7.18. The van der Waals surface area contributed by atoms with E-state index in [0.717, 1.165) is 9.35 Å². The molecule has 0 atom stereocenters. The van der Waals surface area contributed by atoms with Crippen molar-refractivity contribution >= 4 is 61.5 Å². The SMILES string of the molecule is Cc1cc(C(=O)Nc2ccc(F)cc2I)sc1Br. The van der Waals surface area contributed by atoms with Gasteiger partial charge in [0, 0.05) is 3.57 Å². The molecule has 94 valence electrons. The zero-order chi connectivity index (χ0) is 13.3. The molecule has 6 heteroatoms. The number of rotatable bonds is 2. The Morgan fingerprint density at radius 3 is 2.72 bits per heavy atom. The minimum atomic E-state index is -0.313. The van der Waals surface area contributed by atoms with Crippen LogP contribution in [0.1, 0.15) is 15.2 Å². The smallest absolute Gasteiger partial charge is 0.265 e. The van der Waals surface area contributed by atoms with Gasteiger partial charge in [-0.15, -0.1) is 11.3 Å². The summed E-state index contributed by atoms with van der Waals surface area (Å²) in [6.07, 6.45) is 0. The highest BCUT2D eigenvalue weighted by molar-refractivity contribution is 14.1. The third-order valence-electron chi connectivity index (χ3n) is 2.26. The Balaban J connectivity index is 2.21. The summed E-state index contributed by atoms with van der Waals surface area (Å²) < 4.78 is 14.6. The molecule has 0 radical (unpaired) electrons. The molecule has 0 spiro atoms. The molecule has 0 bridgehead atoms. The summed E-state index contributed by atoms with van der Waals surface area (Å²) in [7, 11) is 0. The molecule has 0 unspecified atom stereocenters. The van der Waals surface area contributed by atoms with E-state index in [1.807, 2.05) is 35.6 Å². The fourth-order valence-corrected chi connectivity index (χ4v) is 3.39. The average Bonchev–Trinajstić information content (AvgIpc) is 2.63. The number of hydrogen-bond donors (Lipinski definition) is 1. The lowest BCUT2D eigenvalue weighted by Crippen LogP contribution is -2.11. The lowest BCUT2D eigenvalue weighted by molar-refractivity contribution is 0.103. The van der Waals surface area contributed by atoms with Crippen LogP contribution in [0, 0.1) is 16.3 Å². The highest BCUT2D eigenvalue weighted by Gasteiger charge is 2.12. The summed E-state index contributed by atoms with van der Waals surface area (Å²) in [5.74, 6) is -0.495. The molecule has 0 fully saturated rings. The van der Waals surface area contributed by atoms with Gasteiger partial charge in [0.1, 0.15) is 5.82 Å². The van der Waals surface area contributed by atoms with Crippen LogP contribution in [0.5, 0.6) is 0 Å². The first kappa shape index (κ1) is 14.0. The van der Waals surface area contributed by atoms with Crippen LogP contribution in [-0.4, -0.2) is 5.91 Å². The van der Waals surface area contributed by atoms with Crippen LogP contribution in [0.3, 0.4) is 0 Å². The molecule has 18 heavy (non-hydrogen) atoms. The number of anilines is 1. The van der Waals surface area contributed by atoms with Crippen LogP contribution >= 0.6 is 49.9 Å². The zero-order valence-corrected chi connectivity index (χ0v) is 13.8. The van der Waals surface area contributed by atoms with Crippen LogP contribution < -0.4 is 5.32 Å². The van der Waals surface area contributed by atoms with Gasteiger partial charge >= 0.3 is 0 Å². The molecule has 0 aliphatic rings. The van der Waals surface area contributed by atoms with Gasteiger partial charge < -0.3 is 5.32 Å². The van der Waals surface area contributed by atoms with E-state index in [-0.39, 0.29) is 11.7 Å². The third-order valence-corrected chi connectivity index (χ3v) is 5.29. The first-order chi connectivity index (χ1) is 8.47. The number of nitrogens with one attached hydrogen (secondary N) is 1. The Morgan fingerprint density at radius 2 is 2.17 bits per heavy atom. The van der Waals surface area contributed by atoms with Crippen molar-refractivity contribution in [3.8, 4) is 0 Å². The first-order valence-electron chi connectivity index (χ1n) is 4.99. The van der Waals surface area contributed by atoms with Crippen molar-refractivity contribution in [2.24, 2.45) is 0 Å². The van der Waals surface area contributed by atoms with Crippen molar-refractivity contribution in [3.63, 3.8) is 0 Å². The predicted molar refractivity (Wildman–Crippen MR) is 83.8 cm³/mol. The monoisotopic (exact) mass is 439 g/mol. The summed E-state index contributed by atoms with van der Waals surface area (Å²) >= 11 is 6.75. The summed E-state index contributed by atoms with van der Waals surface area (Å²) in [6, 6.07) is 6.09. The van der Waals surface area contributed by atoms with Gasteiger partial charge in [-0.25, -0.2) is 4.39 Å². The van der Waals surface area contributed by atoms with Gasteiger partial charge in [-0.3, -0.25) is 4.79 Å². The van der Waals surface area contributed by atoms with Gasteiger partial charge in [-0.1, -0.05) is 0 Å². The van der Waals surface area contributed by atoms with E-state index in [0.29, 0.717) is 14.1 Å². The van der Waals surface area contributed by atoms with Crippen LogP contribution in [-0.2, 0) is 0 Å². The summed E-state index contributed by atoms with van der Waals surface area (Å²) in [5.41, 5.74) is 1.64. The molecule has 2 nitrogen and oxygen atoms in total. The molecule has 1 N–H and O–H groups in total. The van der Waals surface area contributed by atoms with Crippen LogP contribution in [0.2, 0.25) is 0 Å². The highest BCUT2D eigenvalue weighted by Crippen LogP contribution is 2.28. The van der Waals surface area contributed by atoms with Gasteiger partial charge in [0.05, 0.1) is 14.4 Å². The Kier molecular flexibility index (Phi) is 4.39. The maximum Gasteiger partial charge on any atom is 0.265 e. The van der Waals surface area contributed by atoms with E-state index < -0.39 is 0 Å². The number of hydrogen-bond acceptors (Lipinski definition) is 2. The number of carbonyl (C=O) groups excluding carboxylic acids is 1. The maximum atomic E-state index is 12.9. The molecule has 0 aliphatic carbocycles. The molecule has 0 saturated carbocycles. The molecule has 0 saturated heterocycles. The third kappa shape index (κ3) is 3.10. The highest BCUT2D eigenvalue weighted by atomic mass is 127. The Bertz CT molecular complexity index is 595. The van der Waals surface area contributed by atoms with E-state index >= 15 is 0 Å². The predicted octanol–water partition coefficient (Wildman–Crippen LogP) is 4.82. The van der Waals surface area contributed by atoms with Gasteiger partial charge in [-0.2, -0.15) is 0 Å². The van der Waals surface area contributed by atoms with Crippen LogP contribution in [0.25, 0.3) is 0 Å². The van der Waals surface area contributed by atoms with Crippen molar-refractivity contribution in [2.45, 2.75) is 6.92 Å². The molecule has 1 aromatic heterocycles. The lowest BCUT2D eigenvalue weighted by Gasteiger charge is -2.05. The van der Waals surface area contributed by atoms with Gasteiger partial charge in [0.2, 0.25) is 0 Å². The molecule has 1 heterocycles. The summed E-state index contributed by atoms with van der Waals surface area (Å²) in [5, 5.41) is 2.77. The Morgan fingerprint density at radius 1 is 1.44 bits per heavy atom. The molecular weight excluding hydrogens is 432 g/mol. The van der Waals surface area contributed by atoms with E-state index in [1.54, 1.807) is 6.07 Å². The topological polar surface area (TPSA) is 29.1 Å². The molecule has 2 rings (SSSR count). The number of amides is 1. The van der Waals surface area contributed by atoms with Crippen LogP contribution in [0.4, 0.5) is 10.1 Å². The van der Waals surface area contributed by atoms with Crippen molar-refractivity contribution in [1.82, 2.24) is 0 Å². The Labute approximate surface area is 130 Å². The summed E-state index contributed by atoms with van der Waals surface area (Å²) in [6.45, 7) is 1.93. The van der Waals surface area contributed by atoms with E-state index in [1.165, 1.54) is 23.5 Å². The fraction of sp³-hybridized carbons (Fsp3) is 0.0833.